The number of ether oxygens (including phenoxy) is 3. The molecule has 0 bridgehead atoms. The molecule has 3 aromatic rings. The van der Waals surface area contributed by atoms with Crippen molar-refractivity contribution in [3.05, 3.63) is 87.9 Å². The third kappa shape index (κ3) is 5.77. The van der Waals surface area contributed by atoms with Gasteiger partial charge < -0.3 is 19.3 Å². The van der Waals surface area contributed by atoms with E-state index >= 15 is 0 Å². The highest BCUT2D eigenvalue weighted by Gasteiger charge is 2.39. The van der Waals surface area contributed by atoms with Crippen LogP contribution in [0.25, 0.3) is 0 Å². The molecule has 7 nitrogen and oxygen atoms in total. The Morgan fingerprint density at radius 1 is 1.06 bits per heavy atom. The molecule has 0 saturated carbocycles. The molecule has 182 valence electrons. The van der Waals surface area contributed by atoms with E-state index in [9.17, 15) is 14.7 Å². The number of benzene rings is 3. The summed E-state index contributed by atoms with van der Waals surface area (Å²) >= 11 is 3.51. The van der Waals surface area contributed by atoms with E-state index in [1.807, 2.05) is 56.3 Å². The van der Waals surface area contributed by atoms with Crippen LogP contribution in [0, 0.1) is 0 Å². The Hall–Kier alpha value is -3.52. The largest absolute Gasteiger partial charge is 0.490 e. The maximum absolute atomic E-state index is 12.8. The quantitative estimate of drug-likeness (QED) is 0.341. The van der Waals surface area contributed by atoms with Crippen molar-refractivity contribution >= 4 is 28.0 Å². The topological polar surface area (TPSA) is 85.3 Å². The van der Waals surface area contributed by atoms with Gasteiger partial charge in [0.15, 0.2) is 11.5 Å². The van der Waals surface area contributed by atoms with Crippen LogP contribution in [-0.4, -0.2) is 34.7 Å². The Bertz CT molecular complexity index is 1220. The van der Waals surface area contributed by atoms with Crippen molar-refractivity contribution in [3.8, 4) is 17.2 Å². The van der Waals surface area contributed by atoms with E-state index in [1.165, 1.54) is 0 Å². The molecule has 3 aromatic carbocycles. The molecule has 0 spiro atoms. The van der Waals surface area contributed by atoms with Crippen LogP contribution in [-0.2, 0) is 22.5 Å². The summed E-state index contributed by atoms with van der Waals surface area (Å²) in [5, 5.41) is 9.18. The zero-order chi connectivity index (χ0) is 24.9. The van der Waals surface area contributed by atoms with Gasteiger partial charge in [-0.25, -0.2) is 4.79 Å². The van der Waals surface area contributed by atoms with Gasteiger partial charge in [0.05, 0.1) is 25.6 Å². The van der Waals surface area contributed by atoms with Gasteiger partial charge in [-0.2, -0.15) is 0 Å². The molecular weight excluding hydrogens is 514 g/mol. The monoisotopic (exact) mass is 539 g/mol. The summed E-state index contributed by atoms with van der Waals surface area (Å²) in [6, 6.07) is 20.1. The number of rotatable bonds is 9. The fraction of sp³-hybridized carbons (Fsp3) is 0.259. The number of amides is 1. The van der Waals surface area contributed by atoms with E-state index in [2.05, 4.69) is 15.9 Å². The highest BCUT2D eigenvalue weighted by Crippen LogP contribution is 2.38. The van der Waals surface area contributed by atoms with E-state index in [0.29, 0.717) is 29.4 Å². The molecule has 1 fully saturated rings. The Morgan fingerprint density at radius 3 is 2.51 bits per heavy atom. The molecular formula is C27H26BrNO6. The summed E-state index contributed by atoms with van der Waals surface area (Å²) in [6.07, 6.45) is -0.887. The summed E-state index contributed by atoms with van der Waals surface area (Å²) in [4.78, 5) is 25.7. The van der Waals surface area contributed by atoms with E-state index < -0.39 is 12.1 Å². The molecule has 1 heterocycles. The van der Waals surface area contributed by atoms with Crippen LogP contribution < -0.4 is 9.47 Å². The van der Waals surface area contributed by atoms with Crippen LogP contribution in [0.15, 0.2) is 71.2 Å². The van der Waals surface area contributed by atoms with Crippen molar-refractivity contribution in [2.75, 3.05) is 6.61 Å². The van der Waals surface area contributed by atoms with Crippen molar-refractivity contribution in [2.24, 2.45) is 0 Å². The molecule has 1 aliphatic rings. The minimum Gasteiger partial charge on any atom is -0.490 e. The first-order valence-corrected chi connectivity index (χ1v) is 12.1. The van der Waals surface area contributed by atoms with E-state index in [0.717, 1.165) is 15.6 Å². The van der Waals surface area contributed by atoms with Crippen molar-refractivity contribution < 1.29 is 28.9 Å². The maximum atomic E-state index is 12.8. The normalized spacial score (nSPS) is 17.2. The molecule has 2 atom stereocenters. The van der Waals surface area contributed by atoms with Crippen LogP contribution in [0.4, 0.5) is 4.79 Å². The molecule has 0 aliphatic carbocycles. The van der Waals surface area contributed by atoms with Gasteiger partial charge in [-0.15, -0.1) is 0 Å². The summed E-state index contributed by atoms with van der Waals surface area (Å²) < 4.78 is 18.5. The number of carbonyl (C=O) groups is 2. The summed E-state index contributed by atoms with van der Waals surface area (Å²) in [5.74, 6) is 0.519. The first kappa shape index (κ1) is 24.6. The lowest BCUT2D eigenvalue weighted by atomic mass is 10.0. The first-order valence-electron chi connectivity index (χ1n) is 11.3. The third-order valence-electron chi connectivity index (χ3n) is 5.77. The predicted molar refractivity (Wildman–Crippen MR) is 134 cm³/mol. The molecule has 0 unspecified atom stereocenters. The van der Waals surface area contributed by atoms with Crippen molar-refractivity contribution in [1.82, 2.24) is 4.90 Å². The molecule has 4 rings (SSSR count). The maximum Gasteiger partial charge on any atom is 0.411 e. The molecule has 8 heteroatoms. The van der Waals surface area contributed by atoms with Gasteiger partial charge in [-0.05, 0) is 55.3 Å². The number of halogens is 1. The van der Waals surface area contributed by atoms with Crippen LogP contribution in [0.5, 0.6) is 17.2 Å². The van der Waals surface area contributed by atoms with Crippen LogP contribution in [0.2, 0.25) is 0 Å². The van der Waals surface area contributed by atoms with E-state index in [1.54, 1.807) is 29.2 Å². The number of cyclic esters (lactones) is 1. The smallest absolute Gasteiger partial charge is 0.411 e. The standard InChI is InChI=1S/C27H26BrNO6/c1-3-33-23-11-9-18(14-25(30)31)13-24(23)34-22-12-10-21(28)15-20(22)16-29-17(2)26(35-27(29)32)19-7-5-4-6-8-19/h4-13,15,17,26H,3,14,16H2,1-2H3,(H,30,31)/t17-,26-/m1/s1. The third-order valence-corrected chi connectivity index (χ3v) is 6.26. The minimum absolute atomic E-state index is 0.131. The highest BCUT2D eigenvalue weighted by atomic mass is 79.9. The number of nitrogens with zero attached hydrogens (tertiary/aromatic N) is 1. The van der Waals surface area contributed by atoms with Gasteiger partial charge in [0.1, 0.15) is 11.9 Å². The van der Waals surface area contributed by atoms with Gasteiger partial charge in [-0.1, -0.05) is 52.3 Å². The number of carbonyl (C=O) groups excluding carboxylic acids is 1. The Morgan fingerprint density at radius 2 is 1.80 bits per heavy atom. The zero-order valence-corrected chi connectivity index (χ0v) is 21.0. The molecule has 1 saturated heterocycles. The fourth-order valence-electron chi connectivity index (χ4n) is 4.07. The number of hydrogen-bond donors (Lipinski definition) is 1. The zero-order valence-electron chi connectivity index (χ0n) is 19.4. The second-order valence-electron chi connectivity index (χ2n) is 8.22. The number of hydrogen-bond acceptors (Lipinski definition) is 5. The van der Waals surface area contributed by atoms with Gasteiger partial charge >= 0.3 is 12.1 Å². The van der Waals surface area contributed by atoms with Gasteiger partial charge in [0.2, 0.25) is 0 Å². The summed E-state index contributed by atoms with van der Waals surface area (Å²) in [5.41, 5.74) is 2.30. The Kier molecular flexibility index (Phi) is 7.60. The Labute approximate surface area is 212 Å². The van der Waals surface area contributed by atoms with Crippen LogP contribution in [0.1, 0.15) is 36.6 Å². The molecule has 1 amide bonds. The molecule has 1 N–H and O–H groups in total. The second-order valence-corrected chi connectivity index (χ2v) is 9.14. The number of aliphatic carboxylic acids is 1. The fourth-order valence-corrected chi connectivity index (χ4v) is 4.48. The van der Waals surface area contributed by atoms with Crippen LogP contribution >= 0.6 is 15.9 Å². The molecule has 35 heavy (non-hydrogen) atoms. The van der Waals surface area contributed by atoms with E-state index in [-0.39, 0.29) is 25.1 Å². The van der Waals surface area contributed by atoms with Gasteiger partial charge in [0, 0.05) is 10.0 Å². The lowest BCUT2D eigenvalue weighted by Crippen LogP contribution is -2.31. The molecule has 0 aromatic heterocycles. The highest BCUT2D eigenvalue weighted by molar-refractivity contribution is 9.10. The van der Waals surface area contributed by atoms with Gasteiger partial charge in [-0.3, -0.25) is 9.69 Å². The summed E-state index contributed by atoms with van der Waals surface area (Å²) in [6.45, 7) is 4.53. The second kappa shape index (κ2) is 10.8. The number of carboxylic acid groups (broad SMARTS) is 1. The molecule has 1 aliphatic heterocycles. The lowest BCUT2D eigenvalue weighted by molar-refractivity contribution is -0.136. The van der Waals surface area contributed by atoms with Crippen molar-refractivity contribution in [3.63, 3.8) is 0 Å². The first-order chi connectivity index (χ1) is 16.9. The van der Waals surface area contributed by atoms with Crippen molar-refractivity contribution in [2.45, 2.75) is 39.0 Å². The Balaban J connectivity index is 1.62. The van der Waals surface area contributed by atoms with Crippen LogP contribution in [0.3, 0.4) is 0 Å². The van der Waals surface area contributed by atoms with Crippen molar-refractivity contribution in [1.29, 1.82) is 0 Å². The lowest BCUT2D eigenvalue weighted by Gasteiger charge is -2.23. The summed E-state index contributed by atoms with van der Waals surface area (Å²) in [7, 11) is 0. The van der Waals surface area contributed by atoms with E-state index in [4.69, 9.17) is 14.2 Å². The predicted octanol–water partition coefficient (Wildman–Crippen LogP) is 6.35. The van der Waals surface area contributed by atoms with Gasteiger partial charge in [0.25, 0.3) is 0 Å². The minimum atomic E-state index is -0.932. The average molecular weight is 540 g/mol. The average Bonchev–Trinajstić information content (AvgIpc) is 3.11. The SMILES string of the molecule is CCOc1ccc(CC(=O)O)cc1Oc1ccc(Br)cc1CN1C(=O)O[C@@H](c2ccccc2)[C@H]1C. The number of carboxylic acids is 1. The molecule has 0 radical (unpaired) electrons.